The van der Waals surface area contributed by atoms with Gasteiger partial charge in [-0.05, 0) is 29.4 Å². The Balaban J connectivity index is 1.41. The normalized spacial score (nSPS) is 11.1. The molecule has 1 aromatic carbocycles. The SMILES string of the molecule is CCn1c(-c2nonc2N)nc2cnc(Oc3cccc(NC(=O)c4nccn4C)c3)cc21. The number of carbonyl (C=O) groups is 1. The number of nitrogens with one attached hydrogen (secondary N) is 1. The Kier molecular flexibility index (Phi) is 4.94. The Labute approximate surface area is 187 Å². The Morgan fingerprint density at radius 1 is 1.24 bits per heavy atom. The van der Waals surface area contributed by atoms with Crippen LogP contribution in [-0.2, 0) is 13.6 Å². The first-order chi connectivity index (χ1) is 16.0. The van der Waals surface area contributed by atoms with Crippen molar-refractivity contribution in [2.75, 3.05) is 11.1 Å². The molecule has 5 rings (SSSR count). The summed E-state index contributed by atoms with van der Waals surface area (Å²) in [6, 6.07) is 8.79. The van der Waals surface area contributed by atoms with Gasteiger partial charge in [-0.15, -0.1) is 0 Å². The summed E-state index contributed by atoms with van der Waals surface area (Å²) in [7, 11) is 1.75. The van der Waals surface area contributed by atoms with Crippen molar-refractivity contribution >= 4 is 28.4 Å². The smallest absolute Gasteiger partial charge is 0.291 e. The number of nitrogens with two attached hydrogens (primary N) is 1. The first-order valence-electron chi connectivity index (χ1n) is 10.0. The van der Waals surface area contributed by atoms with Crippen LogP contribution in [0.3, 0.4) is 0 Å². The van der Waals surface area contributed by atoms with Gasteiger partial charge in [0.15, 0.2) is 23.2 Å². The number of anilines is 2. The number of hydrogen-bond acceptors (Lipinski definition) is 9. The molecule has 4 aromatic heterocycles. The van der Waals surface area contributed by atoms with E-state index >= 15 is 0 Å². The highest BCUT2D eigenvalue weighted by Crippen LogP contribution is 2.29. The van der Waals surface area contributed by atoms with Crippen LogP contribution >= 0.6 is 0 Å². The molecule has 0 aliphatic heterocycles. The first kappa shape index (κ1) is 20.2. The van der Waals surface area contributed by atoms with Crippen LogP contribution in [0.15, 0.2) is 53.6 Å². The van der Waals surface area contributed by atoms with E-state index in [2.05, 4.69) is 30.6 Å². The Bertz CT molecular complexity index is 1470. The van der Waals surface area contributed by atoms with Gasteiger partial charge in [-0.3, -0.25) is 4.79 Å². The Morgan fingerprint density at radius 3 is 2.85 bits per heavy atom. The molecule has 0 aliphatic carbocycles. The van der Waals surface area contributed by atoms with Gasteiger partial charge in [0, 0.05) is 43.8 Å². The van der Waals surface area contributed by atoms with Crippen LogP contribution < -0.4 is 15.8 Å². The van der Waals surface area contributed by atoms with Gasteiger partial charge in [0.1, 0.15) is 11.3 Å². The van der Waals surface area contributed by atoms with Crippen molar-refractivity contribution in [3.63, 3.8) is 0 Å². The zero-order valence-electron chi connectivity index (χ0n) is 17.8. The van der Waals surface area contributed by atoms with Gasteiger partial charge in [-0.2, -0.15) is 0 Å². The monoisotopic (exact) mass is 445 g/mol. The Morgan fingerprint density at radius 2 is 2.12 bits per heavy atom. The van der Waals surface area contributed by atoms with Crippen molar-refractivity contribution in [1.29, 1.82) is 0 Å². The maximum Gasteiger partial charge on any atom is 0.291 e. The molecule has 0 bridgehead atoms. The molecule has 0 saturated heterocycles. The Hall–Kier alpha value is -4.74. The van der Waals surface area contributed by atoms with Gasteiger partial charge in [-0.1, -0.05) is 6.07 Å². The minimum atomic E-state index is -0.319. The third-order valence-corrected chi connectivity index (χ3v) is 4.99. The fourth-order valence-corrected chi connectivity index (χ4v) is 3.45. The zero-order valence-corrected chi connectivity index (χ0v) is 17.8. The first-order valence-corrected chi connectivity index (χ1v) is 10.0. The molecule has 12 nitrogen and oxygen atoms in total. The third kappa shape index (κ3) is 3.73. The molecule has 33 heavy (non-hydrogen) atoms. The highest BCUT2D eigenvalue weighted by molar-refractivity contribution is 6.01. The second-order valence-electron chi connectivity index (χ2n) is 7.13. The van der Waals surface area contributed by atoms with Crippen molar-refractivity contribution in [1.82, 2.24) is 34.4 Å². The number of rotatable bonds is 6. The van der Waals surface area contributed by atoms with Gasteiger partial charge in [-0.25, -0.2) is 19.6 Å². The summed E-state index contributed by atoms with van der Waals surface area (Å²) in [5, 5.41) is 10.3. The van der Waals surface area contributed by atoms with E-state index in [-0.39, 0.29) is 11.7 Å². The number of carbonyl (C=O) groups excluding carboxylic acids is 1. The van der Waals surface area contributed by atoms with E-state index in [0.29, 0.717) is 46.7 Å². The molecule has 166 valence electrons. The van der Waals surface area contributed by atoms with Crippen LogP contribution in [0.1, 0.15) is 17.5 Å². The summed E-state index contributed by atoms with van der Waals surface area (Å²) in [6.07, 6.45) is 4.88. The molecular weight excluding hydrogens is 426 g/mol. The number of pyridine rings is 1. The number of aromatic nitrogens is 7. The third-order valence-electron chi connectivity index (χ3n) is 4.99. The van der Waals surface area contributed by atoms with Crippen molar-refractivity contribution in [3.05, 3.63) is 54.7 Å². The topological polar surface area (TPSA) is 152 Å². The summed E-state index contributed by atoms with van der Waals surface area (Å²) in [5.74, 6) is 1.55. The highest BCUT2D eigenvalue weighted by Gasteiger charge is 2.19. The number of fused-ring (bicyclic) bond motifs is 1. The lowest BCUT2D eigenvalue weighted by Crippen LogP contribution is -2.16. The van der Waals surface area contributed by atoms with E-state index < -0.39 is 0 Å². The van der Waals surface area contributed by atoms with Crippen LogP contribution in [0.4, 0.5) is 11.5 Å². The van der Waals surface area contributed by atoms with Crippen molar-refractivity contribution in [2.24, 2.45) is 7.05 Å². The lowest BCUT2D eigenvalue weighted by atomic mass is 10.3. The molecule has 0 saturated carbocycles. The molecule has 12 heteroatoms. The average Bonchev–Trinajstić information content (AvgIpc) is 3.51. The van der Waals surface area contributed by atoms with E-state index in [0.717, 1.165) is 5.52 Å². The predicted molar refractivity (Wildman–Crippen MR) is 119 cm³/mol. The summed E-state index contributed by atoms with van der Waals surface area (Å²) in [6.45, 7) is 2.58. The van der Waals surface area contributed by atoms with Crippen molar-refractivity contribution in [2.45, 2.75) is 13.5 Å². The van der Waals surface area contributed by atoms with Gasteiger partial charge >= 0.3 is 0 Å². The quantitative estimate of drug-likeness (QED) is 0.402. The highest BCUT2D eigenvalue weighted by atomic mass is 16.6. The molecule has 5 aromatic rings. The fourth-order valence-electron chi connectivity index (χ4n) is 3.45. The molecule has 3 N–H and O–H groups in total. The summed E-state index contributed by atoms with van der Waals surface area (Å²) < 4.78 is 14.2. The molecule has 0 fully saturated rings. The minimum Gasteiger partial charge on any atom is -0.439 e. The van der Waals surface area contributed by atoms with Gasteiger partial charge in [0.05, 0.1) is 11.7 Å². The number of amides is 1. The number of benzene rings is 1. The number of hydrogen-bond donors (Lipinski definition) is 2. The lowest BCUT2D eigenvalue weighted by Gasteiger charge is -2.09. The van der Waals surface area contributed by atoms with Crippen LogP contribution in [0.25, 0.3) is 22.6 Å². The predicted octanol–water partition coefficient (Wildman–Crippen LogP) is 2.86. The largest absolute Gasteiger partial charge is 0.439 e. The summed E-state index contributed by atoms with van der Waals surface area (Å²) >= 11 is 0. The number of aryl methyl sites for hydroxylation is 2. The van der Waals surface area contributed by atoms with Crippen molar-refractivity contribution < 1.29 is 14.2 Å². The number of nitrogens with zero attached hydrogens (tertiary/aromatic N) is 7. The maximum absolute atomic E-state index is 12.4. The van der Waals surface area contributed by atoms with E-state index in [9.17, 15) is 4.79 Å². The van der Waals surface area contributed by atoms with Crippen molar-refractivity contribution in [3.8, 4) is 23.1 Å². The summed E-state index contributed by atoms with van der Waals surface area (Å²) in [4.78, 5) is 25.4. The minimum absolute atomic E-state index is 0.161. The maximum atomic E-state index is 12.4. The van der Waals surface area contributed by atoms with E-state index in [1.807, 2.05) is 11.5 Å². The van der Waals surface area contributed by atoms with E-state index in [1.54, 1.807) is 60.5 Å². The number of imidazole rings is 2. The molecule has 0 atom stereocenters. The molecule has 1 amide bonds. The molecule has 4 heterocycles. The van der Waals surface area contributed by atoms with Crippen LogP contribution in [0.2, 0.25) is 0 Å². The number of nitrogen functional groups attached to an aromatic ring is 1. The second kappa shape index (κ2) is 8.07. The van der Waals surface area contributed by atoms with Crippen LogP contribution in [0, 0.1) is 0 Å². The summed E-state index contributed by atoms with van der Waals surface area (Å²) in [5.41, 5.74) is 8.22. The second-order valence-corrected chi connectivity index (χ2v) is 7.13. The van der Waals surface area contributed by atoms with E-state index in [4.69, 9.17) is 15.1 Å². The molecule has 0 unspecified atom stereocenters. The molecule has 0 spiro atoms. The van der Waals surface area contributed by atoms with Gasteiger partial charge in [0.25, 0.3) is 5.91 Å². The molecule has 0 radical (unpaired) electrons. The zero-order chi connectivity index (χ0) is 22.9. The molecular formula is C21H19N9O3. The molecule has 0 aliphatic rings. The van der Waals surface area contributed by atoms with E-state index in [1.165, 1.54) is 0 Å². The number of ether oxygens (including phenoxy) is 1. The lowest BCUT2D eigenvalue weighted by molar-refractivity contribution is 0.101. The fraction of sp³-hybridized carbons (Fsp3) is 0.143. The van der Waals surface area contributed by atoms with Gasteiger partial charge < -0.3 is 24.9 Å². The van der Waals surface area contributed by atoms with Crippen LogP contribution in [-0.4, -0.2) is 40.3 Å². The standard InChI is InChI=1S/C21H19N9O3/c1-3-30-15-10-16(24-11-14(15)26-19(30)17-18(22)28-33-27-17)32-13-6-4-5-12(9-13)25-21(31)20-23-7-8-29(20)2/h4-11H,3H2,1-2H3,(H2,22,28)(H,25,31). The average molecular weight is 445 g/mol. The van der Waals surface area contributed by atoms with Gasteiger partial charge in [0.2, 0.25) is 5.88 Å². The van der Waals surface area contributed by atoms with Crippen LogP contribution in [0.5, 0.6) is 11.6 Å².